The van der Waals surface area contributed by atoms with E-state index in [0.29, 0.717) is 33.4 Å². The highest BCUT2D eigenvalue weighted by Gasteiger charge is 2.15. The van der Waals surface area contributed by atoms with Crippen molar-refractivity contribution in [1.82, 2.24) is 9.97 Å². The third-order valence-corrected chi connectivity index (χ3v) is 7.58. The van der Waals surface area contributed by atoms with Crippen LogP contribution >= 0.6 is 27.3 Å². The summed E-state index contributed by atoms with van der Waals surface area (Å²) in [7, 11) is -2.99. The zero-order valence-corrected chi connectivity index (χ0v) is 22.6. The number of thiophene rings is 1. The SMILES string of the molecule is CC.CCOC(=O)N=S(C)(=O)c1ccc(Nc2ncc(-c3cccs3)c(NCCO)n2)cc1Br. The fraction of sp³-hybridized carbons (Fsp3) is 0.318. The van der Waals surface area contributed by atoms with Gasteiger partial charge in [0.2, 0.25) is 5.95 Å². The number of nitrogens with zero attached hydrogens (tertiary/aromatic N) is 3. The predicted octanol–water partition coefficient (Wildman–Crippen LogP) is 5.75. The molecular formula is C22H28BrN5O4S2. The van der Waals surface area contributed by atoms with Crippen molar-refractivity contribution < 1.29 is 18.8 Å². The highest BCUT2D eigenvalue weighted by atomic mass is 79.9. The van der Waals surface area contributed by atoms with Gasteiger partial charge in [-0.15, -0.1) is 15.7 Å². The predicted molar refractivity (Wildman–Crippen MR) is 141 cm³/mol. The number of amides is 1. The van der Waals surface area contributed by atoms with E-state index in [2.05, 4.69) is 40.9 Å². The molecule has 1 atom stereocenters. The van der Waals surface area contributed by atoms with Crippen molar-refractivity contribution >= 4 is 60.5 Å². The van der Waals surface area contributed by atoms with Gasteiger partial charge < -0.3 is 20.5 Å². The number of aromatic nitrogens is 2. The van der Waals surface area contributed by atoms with Crippen molar-refractivity contribution in [3.05, 3.63) is 46.4 Å². The van der Waals surface area contributed by atoms with Crippen LogP contribution in [0.15, 0.2) is 55.6 Å². The van der Waals surface area contributed by atoms with Gasteiger partial charge in [-0.25, -0.2) is 14.0 Å². The summed E-state index contributed by atoms with van der Waals surface area (Å²) in [6.45, 7) is 6.13. The lowest BCUT2D eigenvalue weighted by Gasteiger charge is -2.13. The summed E-state index contributed by atoms with van der Waals surface area (Å²) in [5.74, 6) is 0.943. The molecule has 3 N–H and O–H groups in total. The van der Waals surface area contributed by atoms with E-state index < -0.39 is 15.8 Å². The molecule has 0 bridgehead atoms. The van der Waals surface area contributed by atoms with Crippen molar-refractivity contribution in [1.29, 1.82) is 0 Å². The Bertz CT molecular complexity index is 1210. The second kappa shape index (κ2) is 13.4. The minimum absolute atomic E-state index is 0.0296. The van der Waals surface area contributed by atoms with Crippen LogP contribution in [0.4, 0.5) is 22.2 Å². The smallest absolute Gasteiger partial charge is 0.442 e. The molecule has 1 unspecified atom stereocenters. The molecule has 9 nitrogen and oxygen atoms in total. The van der Waals surface area contributed by atoms with Gasteiger partial charge in [0.25, 0.3) is 0 Å². The molecule has 2 heterocycles. The van der Waals surface area contributed by atoms with Gasteiger partial charge in [-0.2, -0.15) is 4.98 Å². The van der Waals surface area contributed by atoms with Crippen LogP contribution < -0.4 is 10.6 Å². The van der Waals surface area contributed by atoms with Crippen molar-refractivity contribution in [2.24, 2.45) is 4.36 Å². The molecule has 1 aromatic carbocycles. The highest BCUT2D eigenvalue weighted by Crippen LogP contribution is 2.32. The minimum Gasteiger partial charge on any atom is -0.448 e. The number of halogens is 1. The second-order valence-electron chi connectivity index (χ2n) is 6.45. The van der Waals surface area contributed by atoms with Crippen LogP contribution in [0.1, 0.15) is 20.8 Å². The van der Waals surface area contributed by atoms with Crippen LogP contribution in [0.2, 0.25) is 0 Å². The third-order valence-electron chi connectivity index (χ3n) is 4.09. The van der Waals surface area contributed by atoms with E-state index in [-0.39, 0.29) is 13.2 Å². The van der Waals surface area contributed by atoms with Crippen molar-refractivity contribution in [3.63, 3.8) is 0 Å². The standard InChI is InChI=1S/C20H22BrN5O4S2.C2H6/c1-3-30-20(28)26-32(2,29)17-7-6-13(11-15(17)21)24-19-23-12-14(16-5-4-10-31-16)18(25-19)22-8-9-27;1-2/h4-7,10-12,27H,3,8-9H2,1-2H3,(H2,22,23,24,25);1-2H3. The van der Waals surface area contributed by atoms with E-state index in [1.807, 2.05) is 31.4 Å². The van der Waals surface area contributed by atoms with E-state index in [0.717, 1.165) is 10.4 Å². The molecule has 0 spiro atoms. The molecule has 12 heteroatoms. The Morgan fingerprint density at radius 3 is 2.71 bits per heavy atom. The molecule has 184 valence electrons. The molecular weight excluding hydrogens is 542 g/mol. The lowest BCUT2D eigenvalue weighted by Crippen LogP contribution is -2.10. The highest BCUT2D eigenvalue weighted by molar-refractivity contribution is 9.10. The average molecular weight is 571 g/mol. The van der Waals surface area contributed by atoms with Gasteiger partial charge in [-0.1, -0.05) is 19.9 Å². The molecule has 0 aliphatic heterocycles. The normalized spacial score (nSPS) is 12.1. The fourth-order valence-corrected chi connectivity index (χ4v) is 5.91. The molecule has 0 aliphatic rings. The average Bonchev–Trinajstić information content (AvgIpc) is 3.33. The van der Waals surface area contributed by atoms with Crippen LogP contribution in [-0.4, -0.2) is 51.4 Å². The third kappa shape index (κ3) is 7.49. The number of carbonyl (C=O) groups is 1. The number of ether oxygens (including phenoxy) is 1. The first kappa shape index (κ1) is 27.7. The van der Waals surface area contributed by atoms with E-state index in [4.69, 9.17) is 4.74 Å². The van der Waals surface area contributed by atoms with E-state index >= 15 is 0 Å². The summed E-state index contributed by atoms with van der Waals surface area (Å²) in [6.07, 6.45) is 2.22. The zero-order valence-electron chi connectivity index (χ0n) is 19.4. The monoisotopic (exact) mass is 569 g/mol. The minimum atomic E-state index is -2.99. The van der Waals surface area contributed by atoms with Gasteiger partial charge >= 0.3 is 6.09 Å². The largest absolute Gasteiger partial charge is 0.448 e. The number of carbonyl (C=O) groups excluding carboxylic acids is 1. The van der Waals surface area contributed by atoms with Crippen LogP contribution in [0.5, 0.6) is 0 Å². The van der Waals surface area contributed by atoms with Crippen LogP contribution in [0.25, 0.3) is 10.4 Å². The number of nitrogens with one attached hydrogen (secondary N) is 2. The van der Waals surface area contributed by atoms with Gasteiger partial charge in [-0.05, 0) is 52.5 Å². The maximum absolute atomic E-state index is 12.9. The quantitative estimate of drug-likeness (QED) is 0.312. The summed E-state index contributed by atoms with van der Waals surface area (Å²) in [4.78, 5) is 21.9. The molecule has 2 aromatic heterocycles. The molecule has 0 fully saturated rings. The number of aliphatic hydroxyl groups is 1. The Balaban J connectivity index is 0.00000199. The Labute approximate surface area is 212 Å². The van der Waals surface area contributed by atoms with Crippen LogP contribution in [0.3, 0.4) is 0 Å². The molecule has 0 saturated heterocycles. The number of benzene rings is 1. The number of anilines is 3. The molecule has 0 aliphatic carbocycles. The number of hydrogen-bond acceptors (Lipinski definition) is 9. The molecule has 34 heavy (non-hydrogen) atoms. The molecule has 1 amide bonds. The lowest BCUT2D eigenvalue weighted by molar-refractivity contribution is 0.164. The van der Waals surface area contributed by atoms with Gasteiger partial charge in [0.15, 0.2) is 0 Å². The molecule has 3 aromatic rings. The Morgan fingerprint density at radius 2 is 2.09 bits per heavy atom. The summed E-state index contributed by atoms with van der Waals surface area (Å²) >= 11 is 4.97. The Hall–Kier alpha value is -2.54. The summed E-state index contributed by atoms with van der Waals surface area (Å²) in [5, 5.41) is 17.4. The van der Waals surface area contributed by atoms with E-state index in [9.17, 15) is 14.1 Å². The molecule has 0 saturated carbocycles. The maximum Gasteiger partial charge on any atom is 0.442 e. The van der Waals surface area contributed by atoms with Crippen LogP contribution in [0, 0.1) is 0 Å². The van der Waals surface area contributed by atoms with Crippen molar-refractivity contribution in [3.8, 4) is 10.4 Å². The lowest BCUT2D eigenvalue weighted by atomic mass is 10.2. The first-order valence-electron chi connectivity index (χ1n) is 10.5. The number of hydrogen-bond donors (Lipinski definition) is 3. The summed E-state index contributed by atoms with van der Waals surface area (Å²) < 4.78 is 21.8. The Morgan fingerprint density at radius 1 is 1.32 bits per heavy atom. The summed E-state index contributed by atoms with van der Waals surface area (Å²) in [6, 6.07) is 8.93. The maximum atomic E-state index is 12.9. The first-order chi connectivity index (χ1) is 16.3. The van der Waals surface area contributed by atoms with E-state index in [1.165, 1.54) is 6.26 Å². The fourth-order valence-electron chi connectivity index (χ4n) is 2.72. The van der Waals surface area contributed by atoms with Gasteiger partial charge in [0, 0.05) is 34.0 Å². The molecule has 0 radical (unpaired) electrons. The van der Waals surface area contributed by atoms with E-state index in [1.54, 1.807) is 42.7 Å². The Kier molecular flexibility index (Phi) is 10.9. The van der Waals surface area contributed by atoms with Gasteiger partial charge in [0.05, 0.1) is 33.4 Å². The topological polar surface area (TPSA) is 126 Å². The number of rotatable bonds is 8. The van der Waals surface area contributed by atoms with Gasteiger partial charge in [0.1, 0.15) is 5.82 Å². The van der Waals surface area contributed by atoms with Crippen molar-refractivity contribution in [2.45, 2.75) is 25.7 Å². The molecule has 3 rings (SSSR count). The summed E-state index contributed by atoms with van der Waals surface area (Å²) in [5.41, 5.74) is 1.48. The first-order valence-corrected chi connectivity index (χ1v) is 14.1. The van der Waals surface area contributed by atoms with Gasteiger partial charge in [-0.3, -0.25) is 0 Å². The van der Waals surface area contributed by atoms with Crippen molar-refractivity contribution in [2.75, 3.05) is 36.6 Å². The zero-order chi connectivity index (χ0) is 25.1. The number of aliphatic hydroxyl groups excluding tert-OH is 1. The van der Waals surface area contributed by atoms with Crippen LogP contribution in [-0.2, 0) is 14.5 Å². The second-order valence-corrected chi connectivity index (χ2v) is 10.5.